The van der Waals surface area contributed by atoms with Gasteiger partial charge in [0.15, 0.2) is 5.76 Å². The van der Waals surface area contributed by atoms with Gasteiger partial charge >= 0.3 is 12.1 Å². The van der Waals surface area contributed by atoms with Gasteiger partial charge in [-0.05, 0) is 19.1 Å². The van der Waals surface area contributed by atoms with Gasteiger partial charge in [-0.1, -0.05) is 32.6 Å². The summed E-state index contributed by atoms with van der Waals surface area (Å²) in [6.07, 6.45) is -4.46. The van der Waals surface area contributed by atoms with E-state index in [9.17, 15) is 18.0 Å². The van der Waals surface area contributed by atoms with Crippen molar-refractivity contribution in [2.75, 3.05) is 13.2 Å². The first-order chi connectivity index (χ1) is 12.1. The molecule has 5 nitrogen and oxygen atoms in total. The number of alkyl halides is 3. The highest BCUT2D eigenvalue weighted by atomic mass is 19.4. The van der Waals surface area contributed by atoms with Crippen LogP contribution < -0.4 is 11.2 Å². The zero-order valence-electron chi connectivity index (χ0n) is 14.9. The third kappa shape index (κ3) is 5.89. The van der Waals surface area contributed by atoms with E-state index in [1.54, 1.807) is 6.92 Å². The lowest BCUT2D eigenvalue weighted by atomic mass is 10.0. The largest absolute Gasteiger partial charge is 0.462 e. The van der Waals surface area contributed by atoms with Gasteiger partial charge in [0.25, 0.3) is 0 Å². The van der Waals surface area contributed by atoms with Gasteiger partial charge in [-0.2, -0.15) is 19.1 Å². The Morgan fingerprint density at radius 3 is 2.27 bits per heavy atom. The average Bonchev–Trinajstić information content (AvgIpc) is 2.57. The van der Waals surface area contributed by atoms with Gasteiger partial charge in [0.05, 0.1) is 17.7 Å². The number of carbonyl (C=O) groups is 1. The normalized spacial score (nSPS) is 12.6. The van der Waals surface area contributed by atoms with Crippen LogP contribution in [0.2, 0.25) is 0 Å². The van der Waals surface area contributed by atoms with Crippen LogP contribution in [0.25, 0.3) is 5.76 Å². The fourth-order valence-electron chi connectivity index (χ4n) is 2.10. The van der Waals surface area contributed by atoms with Crippen LogP contribution in [-0.4, -0.2) is 25.2 Å². The Balaban J connectivity index is 3.35. The zero-order valence-corrected chi connectivity index (χ0v) is 14.9. The van der Waals surface area contributed by atoms with E-state index in [1.807, 2.05) is 13.8 Å². The Bertz CT molecular complexity index is 665. The Labute approximate surface area is 150 Å². The smallest absolute Gasteiger partial charge is 0.416 e. The molecule has 0 aliphatic carbocycles. The first-order valence-corrected chi connectivity index (χ1v) is 7.99. The predicted octanol–water partition coefficient (Wildman–Crippen LogP) is 3.42. The van der Waals surface area contributed by atoms with Crippen LogP contribution in [-0.2, 0) is 20.5 Å². The third-order valence-electron chi connectivity index (χ3n) is 3.44. The van der Waals surface area contributed by atoms with Crippen molar-refractivity contribution in [3.63, 3.8) is 0 Å². The molecule has 0 heterocycles. The Morgan fingerprint density at radius 2 is 1.85 bits per heavy atom. The van der Waals surface area contributed by atoms with Gasteiger partial charge in [-0.3, -0.25) is 0 Å². The minimum absolute atomic E-state index is 0.0142. The van der Waals surface area contributed by atoms with Gasteiger partial charge in [0.1, 0.15) is 0 Å². The summed E-state index contributed by atoms with van der Waals surface area (Å²) in [5.74, 6) is 4.74. The number of esters is 1. The Hall–Kier alpha value is -2.32. The summed E-state index contributed by atoms with van der Waals surface area (Å²) in [5.41, 5.74) is -0.199. The molecule has 0 bridgehead atoms. The van der Waals surface area contributed by atoms with Crippen molar-refractivity contribution in [3.05, 3.63) is 53.1 Å². The molecule has 1 aromatic rings. The highest BCUT2D eigenvalue weighted by Crippen LogP contribution is 2.31. The van der Waals surface area contributed by atoms with Gasteiger partial charge in [-0.15, -0.1) is 0 Å². The molecule has 0 saturated carbocycles. The highest BCUT2D eigenvalue weighted by Gasteiger charge is 2.30. The van der Waals surface area contributed by atoms with Crippen molar-refractivity contribution in [2.24, 2.45) is 5.90 Å². The first-order valence-electron chi connectivity index (χ1n) is 7.99. The molecule has 0 aliphatic heterocycles. The van der Waals surface area contributed by atoms with Crippen molar-refractivity contribution in [1.82, 2.24) is 5.32 Å². The Morgan fingerprint density at radius 1 is 1.27 bits per heavy atom. The lowest BCUT2D eigenvalue weighted by Gasteiger charge is -2.18. The summed E-state index contributed by atoms with van der Waals surface area (Å²) in [4.78, 5) is 16.9. The lowest BCUT2D eigenvalue weighted by Crippen LogP contribution is -2.28. The Kier molecular flexibility index (Phi) is 7.85. The summed E-state index contributed by atoms with van der Waals surface area (Å²) in [7, 11) is 0. The second-order valence-electron chi connectivity index (χ2n) is 5.74. The molecule has 1 aromatic carbocycles. The molecule has 0 spiro atoms. The van der Waals surface area contributed by atoms with Gasteiger partial charge in [0, 0.05) is 23.7 Å². The number of ether oxygens (including phenoxy) is 1. The van der Waals surface area contributed by atoms with Crippen LogP contribution in [0.1, 0.15) is 31.9 Å². The molecule has 3 N–H and O–H groups in total. The molecule has 0 aliphatic rings. The van der Waals surface area contributed by atoms with Crippen molar-refractivity contribution in [1.29, 1.82) is 0 Å². The quantitative estimate of drug-likeness (QED) is 0.240. The van der Waals surface area contributed by atoms with E-state index in [0.717, 1.165) is 12.1 Å². The number of rotatable bonds is 8. The highest BCUT2D eigenvalue weighted by molar-refractivity contribution is 5.95. The van der Waals surface area contributed by atoms with Crippen molar-refractivity contribution in [2.45, 2.75) is 33.0 Å². The monoisotopic (exact) mass is 372 g/mol. The molecule has 0 amide bonds. The van der Waals surface area contributed by atoms with Crippen LogP contribution in [0.5, 0.6) is 0 Å². The topological polar surface area (TPSA) is 73.6 Å². The van der Waals surface area contributed by atoms with Crippen molar-refractivity contribution in [3.8, 4) is 0 Å². The molecule has 144 valence electrons. The fraction of sp³-hybridized carbons (Fsp3) is 0.389. The summed E-state index contributed by atoms with van der Waals surface area (Å²) in [5, 5.41) is 3.10. The second kappa shape index (κ2) is 9.40. The maximum absolute atomic E-state index is 12.7. The van der Waals surface area contributed by atoms with Gasteiger partial charge in [0.2, 0.25) is 0 Å². The molecule has 0 aromatic heterocycles. The number of nitrogens with two attached hydrogens (primary N) is 1. The predicted molar refractivity (Wildman–Crippen MR) is 92.5 cm³/mol. The maximum atomic E-state index is 12.7. The average molecular weight is 372 g/mol. The minimum atomic E-state index is -4.46. The van der Waals surface area contributed by atoms with Crippen LogP contribution in [0.3, 0.4) is 0 Å². The van der Waals surface area contributed by atoms with E-state index in [2.05, 4.69) is 11.9 Å². The van der Waals surface area contributed by atoms with E-state index >= 15 is 0 Å². The van der Waals surface area contributed by atoms with Gasteiger partial charge in [-0.25, -0.2) is 4.79 Å². The maximum Gasteiger partial charge on any atom is 0.416 e. The molecular formula is C18H23F3N2O3. The standard InChI is InChI=1S/C18H23F3N2O3/c1-5-25-17(24)12(4)15(10-23-11(2)3)16(26-22)13-6-8-14(9-7-13)18(19,20)21/h6-9,11,23H,4-5,10,22H2,1-3H3/b16-15-. The van der Waals surface area contributed by atoms with E-state index in [1.165, 1.54) is 12.1 Å². The third-order valence-corrected chi connectivity index (χ3v) is 3.44. The fourth-order valence-corrected chi connectivity index (χ4v) is 2.10. The SMILES string of the molecule is C=C(C(=O)OCC)/C(CNC(C)C)=C(\ON)c1ccc(C(F)(F)F)cc1. The van der Waals surface area contributed by atoms with Crippen LogP contribution in [0.4, 0.5) is 13.2 Å². The van der Waals surface area contributed by atoms with E-state index in [4.69, 9.17) is 15.5 Å². The molecule has 0 radical (unpaired) electrons. The minimum Gasteiger partial charge on any atom is -0.462 e. The molecular weight excluding hydrogens is 349 g/mol. The number of hydrogen-bond acceptors (Lipinski definition) is 5. The van der Waals surface area contributed by atoms with E-state index in [0.29, 0.717) is 5.57 Å². The number of hydrogen-bond donors (Lipinski definition) is 2. The molecule has 0 saturated heterocycles. The van der Waals surface area contributed by atoms with Crippen molar-refractivity contribution < 1.29 is 27.5 Å². The number of benzene rings is 1. The van der Waals surface area contributed by atoms with E-state index in [-0.39, 0.29) is 36.1 Å². The molecule has 26 heavy (non-hydrogen) atoms. The molecule has 8 heteroatoms. The number of halogens is 3. The number of nitrogens with one attached hydrogen (secondary N) is 1. The molecule has 1 rings (SSSR count). The second-order valence-corrected chi connectivity index (χ2v) is 5.74. The van der Waals surface area contributed by atoms with Crippen molar-refractivity contribution >= 4 is 11.7 Å². The summed E-state index contributed by atoms with van der Waals surface area (Å²) >= 11 is 0. The van der Waals surface area contributed by atoms with Crippen LogP contribution >= 0.6 is 0 Å². The molecule has 0 atom stereocenters. The summed E-state index contributed by atoms with van der Waals surface area (Å²) < 4.78 is 43.1. The van der Waals surface area contributed by atoms with Gasteiger partial charge < -0.3 is 14.9 Å². The summed E-state index contributed by atoms with van der Waals surface area (Å²) in [6.45, 7) is 9.48. The van der Waals surface area contributed by atoms with E-state index < -0.39 is 17.7 Å². The van der Waals surface area contributed by atoms with Crippen LogP contribution in [0, 0.1) is 0 Å². The molecule has 0 fully saturated rings. The summed E-state index contributed by atoms with van der Waals surface area (Å²) in [6, 6.07) is 4.34. The number of carbonyl (C=O) groups excluding carboxylic acids is 1. The first kappa shape index (κ1) is 21.7. The lowest BCUT2D eigenvalue weighted by molar-refractivity contribution is -0.138. The van der Waals surface area contributed by atoms with Crippen LogP contribution in [0.15, 0.2) is 42.0 Å². The zero-order chi connectivity index (χ0) is 19.9. The molecule has 0 unspecified atom stereocenters.